The Hall–Kier alpha value is -0.240. The zero-order valence-electron chi connectivity index (χ0n) is 13.0. The van der Waals surface area contributed by atoms with Crippen LogP contribution in [0.5, 0.6) is 0 Å². The second-order valence-electron chi connectivity index (χ2n) is 5.22. The summed E-state index contributed by atoms with van der Waals surface area (Å²) in [6, 6.07) is 0.231. The number of hydrogen-bond donors (Lipinski definition) is 1. The van der Waals surface area contributed by atoms with Crippen molar-refractivity contribution < 1.29 is 9.26 Å². The molecule has 0 spiro atoms. The van der Waals surface area contributed by atoms with Crippen molar-refractivity contribution in [2.24, 2.45) is 0 Å². The molecule has 1 fully saturated rings. The summed E-state index contributed by atoms with van der Waals surface area (Å²) in [6.07, 6.45) is 1.82. The first-order valence-electron chi connectivity index (χ1n) is 7.52. The molecule has 5 nitrogen and oxygen atoms in total. The van der Waals surface area contributed by atoms with E-state index in [1.807, 2.05) is 23.5 Å². The number of methoxy groups -OCH3 is 1. The minimum absolute atomic E-state index is 0.231. The lowest BCUT2D eigenvalue weighted by Crippen LogP contribution is -2.35. The van der Waals surface area contributed by atoms with Crippen LogP contribution in [0.2, 0.25) is 0 Å². The summed E-state index contributed by atoms with van der Waals surface area (Å²) in [5.41, 5.74) is 0. The minimum atomic E-state index is 0.231. The second kappa shape index (κ2) is 9.02. The SMILES string of the molecule is CCCNC(COC)Cc1nc(C2SCCSC2C)no1. The monoisotopic (exact) mass is 331 g/mol. The number of nitrogens with one attached hydrogen (secondary N) is 1. The molecule has 120 valence electrons. The van der Waals surface area contributed by atoms with Gasteiger partial charge in [-0.2, -0.15) is 16.7 Å². The molecule has 1 aromatic rings. The predicted molar refractivity (Wildman–Crippen MR) is 89.1 cm³/mol. The van der Waals surface area contributed by atoms with Gasteiger partial charge in [-0.3, -0.25) is 0 Å². The van der Waals surface area contributed by atoms with E-state index < -0.39 is 0 Å². The largest absolute Gasteiger partial charge is 0.383 e. The molecular weight excluding hydrogens is 306 g/mol. The van der Waals surface area contributed by atoms with E-state index in [2.05, 4.69) is 29.3 Å². The molecule has 1 N–H and O–H groups in total. The third-order valence-corrected chi connectivity index (χ3v) is 6.48. The van der Waals surface area contributed by atoms with Gasteiger partial charge in [0, 0.05) is 36.3 Å². The number of ether oxygens (including phenoxy) is 1. The van der Waals surface area contributed by atoms with Crippen LogP contribution in [0.1, 0.15) is 37.2 Å². The maximum Gasteiger partial charge on any atom is 0.228 e. The molecule has 2 heterocycles. The topological polar surface area (TPSA) is 60.2 Å². The van der Waals surface area contributed by atoms with E-state index in [0.29, 0.717) is 23.0 Å². The summed E-state index contributed by atoms with van der Waals surface area (Å²) in [5.74, 6) is 3.93. The van der Waals surface area contributed by atoms with E-state index in [1.165, 1.54) is 5.75 Å². The molecule has 7 heteroatoms. The lowest BCUT2D eigenvalue weighted by Gasteiger charge is -2.24. The second-order valence-corrected chi connectivity index (χ2v) is 7.96. The standard InChI is InChI=1S/C14H25N3O2S2/c1-4-5-15-11(9-18-3)8-12-16-14(17-19-12)13-10(2)20-6-7-21-13/h10-11,13,15H,4-9H2,1-3H3. The first kappa shape index (κ1) is 17.1. The Morgan fingerprint density at radius 3 is 2.95 bits per heavy atom. The summed E-state index contributed by atoms with van der Waals surface area (Å²) in [6.45, 7) is 6.03. The molecule has 0 radical (unpaired) electrons. The van der Waals surface area contributed by atoms with Crippen LogP contribution in [-0.2, 0) is 11.2 Å². The highest BCUT2D eigenvalue weighted by atomic mass is 32.2. The van der Waals surface area contributed by atoms with Crippen molar-refractivity contribution >= 4 is 23.5 Å². The van der Waals surface area contributed by atoms with Crippen LogP contribution in [0.4, 0.5) is 0 Å². The number of hydrogen-bond acceptors (Lipinski definition) is 7. The molecule has 1 aliphatic heterocycles. The molecule has 1 saturated heterocycles. The first-order valence-corrected chi connectivity index (χ1v) is 9.62. The van der Waals surface area contributed by atoms with Gasteiger partial charge in [0.25, 0.3) is 0 Å². The van der Waals surface area contributed by atoms with Crippen molar-refractivity contribution in [3.05, 3.63) is 11.7 Å². The van der Waals surface area contributed by atoms with Gasteiger partial charge in [0.05, 0.1) is 11.9 Å². The zero-order chi connectivity index (χ0) is 15.1. The lowest BCUT2D eigenvalue weighted by molar-refractivity contribution is 0.161. The molecule has 1 aromatic heterocycles. The molecule has 3 unspecified atom stereocenters. The third-order valence-electron chi connectivity index (χ3n) is 3.40. The summed E-state index contributed by atoms with van der Waals surface area (Å²) in [7, 11) is 1.72. The minimum Gasteiger partial charge on any atom is -0.383 e. The van der Waals surface area contributed by atoms with Crippen LogP contribution in [0, 0.1) is 0 Å². The van der Waals surface area contributed by atoms with Gasteiger partial charge in [0.15, 0.2) is 5.82 Å². The van der Waals surface area contributed by atoms with Crippen molar-refractivity contribution in [1.29, 1.82) is 0 Å². The van der Waals surface area contributed by atoms with Crippen LogP contribution in [-0.4, -0.2) is 53.2 Å². The molecule has 3 atom stereocenters. The molecule has 0 aliphatic carbocycles. The average Bonchev–Trinajstić information content (AvgIpc) is 2.94. The molecule has 21 heavy (non-hydrogen) atoms. The van der Waals surface area contributed by atoms with Gasteiger partial charge < -0.3 is 14.6 Å². The van der Waals surface area contributed by atoms with E-state index in [9.17, 15) is 0 Å². The molecule has 2 rings (SSSR count). The van der Waals surface area contributed by atoms with Crippen LogP contribution < -0.4 is 5.32 Å². The zero-order valence-corrected chi connectivity index (χ0v) is 14.6. The highest BCUT2D eigenvalue weighted by molar-refractivity contribution is 8.06. The smallest absolute Gasteiger partial charge is 0.228 e. The van der Waals surface area contributed by atoms with Crippen molar-refractivity contribution in [1.82, 2.24) is 15.5 Å². The predicted octanol–water partition coefficient (Wildman–Crippen LogP) is 2.54. The highest BCUT2D eigenvalue weighted by Gasteiger charge is 2.28. The van der Waals surface area contributed by atoms with E-state index in [1.54, 1.807) is 7.11 Å². The maximum atomic E-state index is 5.44. The van der Waals surface area contributed by atoms with Crippen LogP contribution >= 0.6 is 23.5 Å². The average molecular weight is 332 g/mol. The normalized spacial score (nSPS) is 24.1. The summed E-state index contributed by atoms with van der Waals surface area (Å²) >= 11 is 3.92. The summed E-state index contributed by atoms with van der Waals surface area (Å²) in [4.78, 5) is 4.61. The van der Waals surface area contributed by atoms with Crippen LogP contribution in [0.25, 0.3) is 0 Å². The van der Waals surface area contributed by atoms with Gasteiger partial charge >= 0.3 is 0 Å². The molecular formula is C14H25N3O2S2. The quantitative estimate of drug-likeness (QED) is 0.785. The molecule has 0 saturated carbocycles. The Morgan fingerprint density at radius 2 is 2.24 bits per heavy atom. The Kier molecular flexibility index (Phi) is 7.36. The fourth-order valence-corrected chi connectivity index (χ4v) is 5.01. The Balaban J connectivity index is 1.94. The van der Waals surface area contributed by atoms with Gasteiger partial charge in [0.2, 0.25) is 5.89 Å². The first-order chi connectivity index (χ1) is 10.2. The Bertz CT molecular complexity index is 417. The maximum absolute atomic E-state index is 5.44. The van der Waals surface area contributed by atoms with Crippen molar-refractivity contribution in [3.8, 4) is 0 Å². The van der Waals surface area contributed by atoms with E-state index in [-0.39, 0.29) is 6.04 Å². The van der Waals surface area contributed by atoms with Crippen molar-refractivity contribution in [2.75, 3.05) is 31.8 Å². The lowest BCUT2D eigenvalue weighted by atomic mass is 10.2. The van der Waals surface area contributed by atoms with E-state index in [4.69, 9.17) is 9.26 Å². The number of thioether (sulfide) groups is 2. The van der Waals surface area contributed by atoms with Crippen molar-refractivity contribution in [3.63, 3.8) is 0 Å². The van der Waals surface area contributed by atoms with Crippen LogP contribution in [0.15, 0.2) is 4.52 Å². The molecule has 0 aromatic carbocycles. The van der Waals surface area contributed by atoms with E-state index >= 15 is 0 Å². The van der Waals surface area contributed by atoms with Crippen LogP contribution in [0.3, 0.4) is 0 Å². The molecule has 1 aliphatic rings. The van der Waals surface area contributed by atoms with E-state index in [0.717, 1.165) is 31.0 Å². The molecule has 0 bridgehead atoms. The number of rotatable bonds is 8. The van der Waals surface area contributed by atoms with Gasteiger partial charge in [-0.1, -0.05) is 19.0 Å². The third kappa shape index (κ3) is 5.16. The summed E-state index contributed by atoms with van der Waals surface area (Å²) in [5, 5.41) is 8.55. The van der Waals surface area contributed by atoms with Gasteiger partial charge in [0.1, 0.15) is 0 Å². The highest BCUT2D eigenvalue weighted by Crippen LogP contribution is 2.41. The van der Waals surface area contributed by atoms with Crippen molar-refractivity contribution in [2.45, 2.75) is 43.2 Å². The fourth-order valence-electron chi connectivity index (χ4n) is 2.33. The summed E-state index contributed by atoms with van der Waals surface area (Å²) < 4.78 is 10.7. The van der Waals surface area contributed by atoms with Gasteiger partial charge in [-0.15, -0.1) is 11.8 Å². The van der Waals surface area contributed by atoms with Gasteiger partial charge in [-0.05, 0) is 13.0 Å². The molecule has 0 amide bonds. The van der Waals surface area contributed by atoms with Gasteiger partial charge in [-0.25, -0.2) is 0 Å². The number of nitrogens with zero attached hydrogens (tertiary/aromatic N) is 2. The fraction of sp³-hybridized carbons (Fsp3) is 0.857. The Labute approximate surface area is 135 Å². The Morgan fingerprint density at radius 1 is 1.43 bits per heavy atom. The number of aromatic nitrogens is 2.